The summed E-state index contributed by atoms with van der Waals surface area (Å²) in [6.07, 6.45) is 6.65. The summed E-state index contributed by atoms with van der Waals surface area (Å²) in [5, 5.41) is 5.71. The maximum absolute atomic E-state index is 14.4. The maximum atomic E-state index is 14.4. The number of carbonyl (C=O) groups excluding carboxylic acids is 7. The summed E-state index contributed by atoms with van der Waals surface area (Å²) in [5.41, 5.74) is 2.82. The maximum Gasteiger partial charge on any atom is 0.407 e. The number of carbonyl (C=O) groups is 7. The SMILES string of the molecule is C=C([C@H](/C=C/[C@@H](C)CC(C)C)Cc1ccccc1)N1CCC[C@H]1C(=O)C[C@H](C(=O)N[C@@H](CCCNC(=O)OCc1ccccc1)C(=O)CCCC(=O)OC1CC2=C(OC1(C)C)c1ccccc1C(=O)C2=O)C(C)C. The Labute approximate surface area is 437 Å². The minimum atomic E-state index is -1.04. The zero-order chi connectivity index (χ0) is 53.5. The lowest BCUT2D eigenvalue weighted by molar-refractivity contribution is -0.163. The van der Waals surface area contributed by atoms with Crippen LogP contribution >= 0.6 is 0 Å². The molecule has 2 N–H and O–H groups in total. The van der Waals surface area contributed by atoms with Crippen molar-refractivity contribution in [3.63, 3.8) is 0 Å². The van der Waals surface area contributed by atoms with Gasteiger partial charge in [-0.2, -0.15) is 0 Å². The Kier molecular flexibility index (Phi) is 20.3. The summed E-state index contributed by atoms with van der Waals surface area (Å²) in [7, 11) is 0. The number of amides is 2. The van der Waals surface area contributed by atoms with Gasteiger partial charge in [0.1, 0.15) is 24.1 Å². The molecule has 1 fully saturated rings. The van der Waals surface area contributed by atoms with E-state index in [1.165, 1.54) is 5.56 Å². The fourth-order valence-electron chi connectivity index (χ4n) is 10.3. The summed E-state index contributed by atoms with van der Waals surface area (Å²) < 4.78 is 17.5. The number of esters is 1. The van der Waals surface area contributed by atoms with Gasteiger partial charge >= 0.3 is 12.1 Å². The van der Waals surface area contributed by atoms with Crippen LogP contribution in [0.1, 0.15) is 140 Å². The number of alkyl carbamates (subject to hydrolysis) is 1. The Hall–Kier alpha value is -6.63. The lowest BCUT2D eigenvalue weighted by Gasteiger charge is -2.41. The molecule has 2 aliphatic heterocycles. The molecule has 74 heavy (non-hydrogen) atoms. The van der Waals surface area contributed by atoms with E-state index in [1.807, 2.05) is 62.4 Å². The molecule has 0 saturated carbocycles. The van der Waals surface area contributed by atoms with Crippen LogP contribution in [0.4, 0.5) is 4.79 Å². The number of fused-ring (bicyclic) bond motifs is 2. The summed E-state index contributed by atoms with van der Waals surface area (Å²) in [4.78, 5) is 97.1. The molecular weight excluding hydrogens is 935 g/mol. The average molecular weight is 1010 g/mol. The molecule has 3 aliphatic rings. The highest BCUT2D eigenvalue weighted by atomic mass is 16.6. The van der Waals surface area contributed by atoms with E-state index in [9.17, 15) is 33.6 Å². The molecule has 1 unspecified atom stereocenters. The van der Waals surface area contributed by atoms with Crippen LogP contribution < -0.4 is 10.6 Å². The second-order valence-electron chi connectivity index (χ2n) is 21.6. The van der Waals surface area contributed by atoms with Crippen molar-refractivity contribution in [1.82, 2.24) is 15.5 Å². The molecule has 2 amide bonds. The Bertz CT molecular complexity index is 2550. The van der Waals surface area contributed by atoms with Crippen molar-refractivity contribution in [3.05, 3.63) is 137 Å². The van der Waals surface area contributed by atoms with E-state index in [0.29, 0.717) is 42.5 Å². The molecule has 0 bridgehead atoms. The van der Waals surface area contributed by atoms with E-state index in [2.05, 4.69) is 67.2 Å². The number of likely N-dealkylation sites (tertiary alicyclic amines) is 1. The van der Waals surface area contributed by atoms with Crippen LogP contribution in [0.3, 0.4) is 0 Å². The van der Waals surface area contributed by atoms with E-state index < -0.39 is 59.2 Å². The molecule has 396 valence electrons. The van der Waals surface area contributed by atoms with Crippen LogP contribution in [0.15, 0.2) is 115 Å². The number of allylic oxidation sites excluding steroid dienone is 2. The zero-order valence-corrected chi connectivity index (χ0v) is 44.5. The lowest BCUT2D eigenvalue weighted by Crippen LogP contribution is -2.47. The molecule has 6 rings (SSSR count). The minimum Gasteiger partial charge on any atom is -0.483 e. The Morgan fingerprint density at radius 2 is 1.50 bits per heavy atom. The van der Waals surface area contributed by atoms with Crippen molar-refractivity contribution < 1.29 is 47.8 Å². The zero-order valence-electron chi connectivity index (χ0n) is 44.5. The van der Waals surface area contributed by atoms with Crippen molar-refractivity contribution in [1.29, 1.82) is 0 Å². The first kappa shape index (κ1) is 56.7. The second-order valence-corrected chi connectivity index (χ2v) is 21.6. The van der Waals surface area contributed by atoms with Gasteiger partial charge in [-0.3, -0.25) is 28.8 Å². The number of nitrogens with one attached hydrogen (secondary N) is 2. The number of rotatable bonds is 26. The third-order valence-corrected chi connectivity index (χ3v) is 14.4. The molecule has 1 saturated heterocycles. The number of ketones is 4. The molecule has 1 aliphatic carbocycles. The summed E-state index contributed by atoms with van der Waals surface area (Å²) in [5.74, 6) is -2.45. The van der Waals surface area contributed by atoms with Gasteiger partial charge in [0.2, 0.25) is 17.5 Å². The summed E-state index contributed by atoms with van der Waals surface area (Å²) in [6, 6.07) is 24.9. The molecule has 0 spiro atoms. The number of Topliss-reactive ketones (excluding diaryl/α,β-unsaturated/α-hetero) is 4. The number of ether oxygens (including phenoxy) is 3. The van der Waals surface area contributed by atoms with Crippen molar-refractivity contribution in [2.75, 3.05) is 13.1 Å². The molecular formula is C61H77N3O10. The van der Waals surface area contributed by atoms with Crippen LogP contribution in [0.5, 0.6) is 0 Å². The molecule has 0 aromatic heterocycles. The molecule has 6 atom stereocenters. The second kappa shape index (κ2) is 26.5. The van der Waals surface area contributed by atoms with E-state index in [1.54, 1.807) is 38.1 Å². The summed E-state index contributed by atoms with van der Waals surface area (Å²) in [6.45, 7) is 19.5. The van der Waals surface area contributed by atoms with Gasteiger partial charge in [-0.25, -0.2) is 4.79 Å². The van der Waals surface area contributed by atoms with E-state index in [0.717, 1.165) is 30.5 Å². The monoisotopic (exact) mass is 1010 g/mol. The molecule has 0 radical (unpaired) electrons. The fraction of sp³-hybridized carbons (Fsp3) is 0.492. The van der Waals surface area contributed by atoms with Gasteiger partial charge in [0.15, 0.2) is 11.6 Å². The number of hydrogen-bond donors (Lipinski definition) is 2. The Morgan fingerprint density at radius 1 is 0.838 bits per heavy atom. The minimum absolute atomic E-state index is 0.00900. The van der Waals surface area contributed by atoms with E-state index in [4.69, 9.17) is 14.2 Å². The molecule has 3 aromatic rings. The smallest absolute Gasteiger partial charge is 0.407 e. The fourth-order valence-corrected chi connectivity index (χ4v) is 10.3. The summed E-state index contributed by atoms with van der Waals surface area (Å²) >= 11 is 0. The highest BCUT2D eigenvalue weighted by Gasteiger charge is 2.47. The Balaban J connectivity index is 1.09. The highest BCUT2D eigenvalue weighted by molar-refractivity contribution is 6.52. The molecule has 2 heterocycles. The van der Waals surface area contributed by atoms with Crippen molar-refractivity contribution >= 4 is 46.9 Å². The molecule has 13 heteroatoms. The number of nitrogens with zero attached hydrogens (tertiary/aromatic N) is 1. The van der Waals surface area contributed by atoms with E-state index in [-0.39, 0.29) is 86.2 Å². The molecule has 3 aromatic carbocycles. The van der Waals surface area contributed by atoms with Crippen molar-refractivity contribution in [2.45, 2.75) is 149 Å². The third kappa shape index (κ3) is 15.5. The van der Waals surface area contributed by atoms with Crippen LogP contribution in [0.25, 0.3) is 5.76 Å². The van der Waals surface area contributed by atoms with Gasteiger partial charge in [0.25, 0.3) is 0 Å². The van der Waals surface area contributed by atoms with Crippen LogP contribution in [0, 0.1) is 29.6 Å². The lowest BCUT2D eigenvalue weighted by atomic mass is 9.81. The topological polar surface area (TPSA) is 174 Å². The average Bonchev–Trinajstić information content (AvgIpc) is 3.87. The molecule has 13 nitrogen and oxygen atoms in total. The third-order valence-electron chi connectivity index (χ3n) is 14.4. The van der Waals surface area contributed by atoms with Gasteiger partial charge in [0, 0.05) is 67.4 Å². The normalized spacial score (nSPS) is 18.7. The van der Waals surface area contributed by atoms with Gasteiger partial charge in [0.05, 0.1) is 17.7 Å². The first-order valence-electron chi connectivity index (χ1n) is 26.6. The van der Waals surface area contributed by atoms with Crippen LogP contribution in [-0.2, 0) is 51.2 Å². The van der Waals surface area contributed by atoms with Gasteiger partial charge in [-0.05, 0) is 87.7 Å². The first-order chi connectivity index (χ1) is 35.3. The predicted molar refractivity (Wildman–Crippen MR) is 285 cm³/mol. The predicted octanol–water partition coefficient (Wildman–Crippen LogP) is 10.5. The largest absolute Gasteiger partial charge is 0.483 e. The Morgan fingerprint density at radius 3 is 2.18 bits per heavy atom. The van der Waals surface area contributed by atoms with Gasteiger partial charge in [-0.1, -0.05) is 138 Å². The van der Waals surface area contributed by atoms with E-state index >= 15 is 0 Å². The standard InChI is InChI=1S/C61H77N3O10/c1-39(2)34-41(5)30-31-45(35-43-20-11-9-12-21-43)42(6)64-33-19-27-51(64)53(66)36-48(40(3)4)59(70)63-50(26-18-32-62-60(71)72-38-44-22-13-10-14-23-44)52(65)28-17-29-55(67)73-54-37-49-57(69)56(68)46-24-15-16-25-47(46)58(49)74-61(54,7)8/h9-16,20-25,30-31,39-41,45,48,50-51,54H,6,17-19,26-29,32-38H2,1-5,7-8H3,(H,62,71)(H,63,70)/b31-30+/t41-,45-,48+,50+,51+,54?/m1/s1. The van der Waals surface area contributed by atoms with Crippen molar-refractivity contribution in [3.8, 4) is 0 Å². The number of hydrogen-bond acceptors (Lipinski definition) is 11. The van der Waals surface area contributed by atoms with Crippen molar-refractivity contribution in [2.24, 2.45) is 29.6 Å². The highest BCUT2D eigenvalue weighted by Crippen LogP contribution is 2.43. The van der Waals surface area contributed by atoms with Gasteiger partial charge in [-0.15, -0.1) is 0 Å². The van der Waals surface area contributed by atoms with Gasteiger partial charge < -0.3 is 29.7 Å². The first-order valence-corrected chi connectivity index (χ1v) is 26.6. The van der Waals surface area contributed by atoms with Crippen LogP contribution in [0.2, 0.25) is 0 Å². The van der Waals surface area contributed by atoms with Crippen LogP contribution in [-0.4, -0.2) is 82.9 Å². The number of benzene rings is 3. The quantitative estimate of drug-likeness (QED) is 0.0339.